The zero-order valence-corrected chi connectivity index (χ0v) is 14.4. The Balaban J connectivity index is 1.66. The standard InChI is InChI=1S/C19H15ClFN3O2/c20-14-7-5-13(6-8-14)10-22-18(25)11-24-12-23-17(9-19(24)26)15-3-1-2-4-16(15)21/h1-9,12H,10-11H2,(H,22,25). The van der Waals surface area contributed by atoms with Gasteiger partial charge in [0, 0.05) is 23.2 Å². The van der Waals surface area contributed by atoms with E-state index in [-0.39, 0.29) is 23.7 Å². The summed E-state index contributed by atoms with van der Waals surface area (Å²) in [5, 5.41) is 3.34. The van der Waals surface area contributed by atoms with Crippen molar-refractivity contribution in [3.8, 4) is 11.3 Å². The van der Waals surface area contributed by atoms with Crippen molar-refractivity contribution in [1.29, 1.82) is 0 Å². The lowest BCUT2D eigenvalue weighted by Crippen LogP contribution is -2.31. The Hall–Kier alpha value is -2.99. The van der Waals surface area contributed by atoms with Crippen molar-refractivity contribution >= 4 is 17.5 Å². The van der Waals surface area contributed by atoms with Crippen LogP contribution in [0.15, 0.2) is 65.7 Å². The number of nitrogens with one attached hydrogen (secondary N) is 1. The highest BCUT2D eigenvalue weighted by atomic mass is 35.5. The molecular formula is C19H15ClFN3O2. The second-order valence-corrected chi connectivity index (χ2v) is 6.06. The zero-order chi connectivity index (χ0) is 18.5. The van der Waals surface area contributed by atoms with E-state index in [9.17, 15) is 14.0 Å². The number of aromatic nitrogens is 2. The van der Waals surface area contributed by atoms with E-state index < -0.39 is 11.4 Å². The number of carbonyl (C=O) groups is 1. The Morgan fingerprint density at radius 3 is 2.58 bits per heavy atom. The highest BCUT2D eigenvalue weighted by Gasteiger charge is 2.09. The zero-order valence-electron chi connectivity index (χ0n) is 13.7. The molecule has 0 aliphatic heterocycles. The van der Waals surface area contributed by atoms with Gasteiger partial charge in [0.1, 0.15) is 12.4 Å². The first kappa shape index (κ1) is 17.8. The van der Waals surface area contributed by atoms with Gasteiger partial charge in [0.2, 0.25) is 5.91 Å². The predicted molar refractivity (Wildman–Crippen MR) is 97.2 cm³/mol. The number of benzene rings is 2. The van der Waals surface area contributed by atoms with E-state index in [1.807, 2.05) is 0 Å². The van der Waals surface area contributed by atoms with Crippen molar-refractivity contribution in [3.63, 3.8) is 0 Å². The quantitative estimate of drug-likeness (QED) is 0.749. The summed E-state index contributed by atoms with van der Waals surface area (Å²) in [4.78, 5) is 28.3. The van der Waals surface area contributed by atoms with E-state index in [4.69, 9.17) is 11.6 Å². The molecule has 0 atom stereocenters. The lowest BCUT2D eigenvalue weighted by atomic mass is 10.1. The first-order chi connectivity index (χ1) is 12.5. The van der Waals surface area contributed by atoms with E-state index in [2.05, 4.69) is 10.3 Å². The number of rotatable bonds is 5. The number of amides is 1. The summed E-state index contributed by atoms with van der Waals surface area (Å²) in [6.45, 7) is 0.155. The average Bonchev–Trinajstić information content (AvgIpc) is 2.63. The van der Waals surface area contributed by atoms with Crippen molar-refractivity contribution < 1.29 is 9.18 Å². The van der Waals surface area contributed by atoms with Gasteiger partial charge in [0.05, 0.1) is 12.0 Å². The molecule has 0 radical (unpaired) electrons. The smallest absolute Gasteiger partial charge is 0.254 e. The van der Waals surface area contributed by atoms with E-state index in [0.29, 0.717) is 11.6 Å². The molecule has 0 fully saturated rings. The molecule has 0 saturated heterocycles. The molecule has 26 heavy (non-hydrogen) atoms. The van der Waals surface area contributed by atoms with Gasteiger partial charge >= 0.3 is 0 Å². The van der Waals surface area contributed by atoms with Crippen LogP contribution in [0, 0.1) is 5.82 Å². The third-order valence-corrected chi connectivity index (χ3v) is 4.00. The maximum Gasteiger partial charge on any atom is 0.254 e. The number of carbonyl (C=O) groups excluding carboxylic acids is 1. The molecule has 132 valence electrons. The summed E-state index contributed by atoms with van der Waals surface area (Å²) in [6, 6.07) is 14.4. The normalized spacial score (nSPS) is 10.5. The molecule has 0 bridgehead atoms. The van der Waals surface area contributed by atoms with E-state index in [1.54, 1.807) is 42.5 Å². The van der Waals surface area contributed by atoms with Gasteiger partial charge in [0.15, 0.2) is 0 Å². The monoisotopic (exact) mass is 371 g/mol. The van der Waals surface area contributed by atoms with E-state index in [0.717, 1.165) is 5.56 Å². The van der Waals surface area contributed by atoms with Crippen LogP contribution in [-0.4, -0.2) is 15.5 Å². The maximum atomic E-state index is 13.8. The minimum absolute atomic E-state index is 0.170. The van der Waals surface area contributed by atoms with Gasteiger partial charge in [-0.25, -0.2) is 9.37 Å². The van der Waals surface area contributed by atoms with Gasteiger partial charge in [-0.3, -0.25) is 14.2 Å². The van der Waals surface area contributed by atoms with Crippen LogP contribution in [0.5, 0.6) is 0 Å². The largest absolute Gasteiger partial charge is 0.350 e. The lowest BCUT2D eigenvalue weighted by molar-refractivity contribution is -0.121. The van der Waals surface area contributed by atoms with E-state index >= 15 is 0 Å². The Morgan fingerprint density at radius 1 is 1.15 bits per heavy atom. The fourth-order valence-electron chi connectivity index (χ4n) is 2.37. The molecule has 3 rings (SSSR count). The molecule has 2 aromatic carbocycles. The second-order valence-electron chi connectivity index (χ2n) is 5.62. The van der Waals surface area contributed by atoms with Crippen molar-refractivity contribution in [3.05, 3.63) is 87.7 Å². The van der Waals surface area contributed by atoms with Crippen LogP contribution in [0.1, 0.15) is 5.56 Å². The second kappa shape index (κ2) is 7.93. The first-order valence-corrected chi connectivity index (χ1v) is 8.23. The van der Waals surface area contributed by atoms with Crippen LogP contribution >= 0.6 is 11.6 Å². The summed E-state index contributed by atoms with van der Waals surface area (Å²) in [5.74, 6) is -0.791. The fourth-order valence-corrected chi connectivity index (χ4v) is 2.50. The summed E-state index contributed by atoms with van der Waals surface area (Å²) in [6.07, 6.45) is 1.24. The van der Waals surface area contributed by atoms with Gasteiger partial charge in [-0.15, -0.1) is 0 Å². The highest BCUT2D eigenvalue weighted by Crippen LogP contribution is 2.18. The Bertz CT molecular complexity index is 987. The summed E-state index contributed by atoms with van der Waals surface area (Å²) in [5.41, 5.74) is 0.929. The molecule has 7 heteroatoms. The van der Waals surface area contributed by atoms with Gasteiger partial charge in [0.25, 0.3) is 5.56 Å². The lowest BCUT2D eigenvalue weighted by Gasteiger charge is -2.08. The highest BCUT2D eigenvalue weighted by molar-refractivity contribution is 6.30. The summed E-state index contributed by atoms with van der Waals surface area (Å²) < 4.78 is 15.0. The summed E-state index contributed by atoms with van der Waals surface area (Å²) in [7, 11) is 0. The van der Waals surface area contributed by atoms with Gasteiger partial charge in [-0.2, -0.15) is 0 Å². The molecule has 1 heterocycles. The molecular weight excluding hydrogens is 357 g/mol. The third-order valence-electron chi connectivity index (χ3n) is 3.75. The molecule has 0 saturated carbocycles. The molecule has 1 N–H and O–H groups in total. The minimum Gasteiger partial charge on any atom is -0.350 e. The number of hydrogen-bond acceptors (Lipinski definition) is 3. The van der Waals surface area contributed by atoms with Gasteiger partial charge < -0.3 is 5.32 Å². The molecule has 5 nitrogen and oxygen atoms in total. The van der Waals surface area contributed by atoms with Crippen molar-refractivity contribution in [2.24, 2.45) is 0 Å². The summed E-state index contributed by atoms with van der Waals surface area (Å²) >= 11 is 5.81. The maximum absolute atomic E-state index is 13.8. The van der Waals surface area contributed by atoms with Crippen LogP contribution in [0.2, 0.25) is 5.02 Å². The molecule has 1 aromatic heterocycles. The van der Waals surface area contributed by atoms with Crippen molar-refractivity contribution in [1.82, 2.24) is 14.9 Å². The number of halogens is 2. The van der Waals surface area contributed by atoms with Gasteiger partial charge in [-0.05, 0) is 29.8 Å². The predicted octanol–water partition coefficient (Wildman–Crippen LogP) is 3.02. The Morgan fingerprint density at radius 2 is 1.88 bits per heavy atom. The SMILES string of the molecule is O=C(Cn1cnc(-c2ccccc2F)cc1=O)NCc1ccc(Cl)cc1. The molecule has 0 spiro atoms. The fraction of sp³-hybridized carbons (Fsp3) is 0.105. The molecule has 3 aromatic rings. The molecule has 0 aliphatic rings. The average molecular weight is 372 g/mol. The minimum atomic E-state index is -0.460. The van der Waals surface area contributed by atoms with Gasteiger partial charge in [-0.1, -0.05) is 35.9 Å². The van der Waals surface area contributed by atoms with Crippen LogP contribution in [0.25, 0.3) is 11.3 Å². The Labute approximate surface area is 154 Å². The molecule has 0 aliphatic carbocycles. The Kier molecular flexibility index (Phi) is 5.43. The number of hydrogen-bond donors (Lipinski definition) is 1. The first-order valence-electron chi connectivity index (χ1n) is 7.85. The van der Waals surface area contributed by atoms with Crippen molar-refractivity contribution in [2.75, 3.05) is 0 Å². The molecule has 1 amide bonds. The van der Waals surface area contributed by atoms with Crippen LogP contribution in [0.3, 0.4) is 0 Å². The van der Waals surface area contributed by atoms with Crippen molar-refractivity contribution in [2.45, 2.75) is 13.1 Å². The third kappa shape index (κ3) is 4.34. The van der Waals surface area contributed by atoms with Crippen LogP contribution in [-0.2, 0) is 17.9 Å². The van der Waals surface area contributed by atoms with Crippen LogP contribution in [0.4, 0.5) is 4.39 Å². The van der Waals surface area contributed by atoms with Crippen LogP contribution < -0.4 is 10.9 Å². The van der Waals surface area contributed by atoms with E-state index in [1.165, 1.54) is 23.0 Å². The number of nitrogens with zero attached hydrogens (tertiary/aromatic N) is 2. The molecule has 0 unspecified atom stereocenters. The topological polar surface area (TPSA) is 64.0 Å².